The SMILES string of the molecule is Brc1nnc(N2CCCC2)s1.CC(C)Nc1cc(-c2ccc3cc(C#N)cnn23)ncc1-c1nnc(N2CCCC2)s1.CC(C)Nc1cc(-c2ccc3cc(C#N)cnn23)ncc1O[B]O. The van der Waals surface area contributed by atoms with Crippen molar-refractivity contribution in [1.29, 1.82) is 10.5 Å². The molecule has 335 valence electrons. The Balaban J connectivity index is 0.000000149. The average molecular weight is 985 g/mol. The number of nitriles is 2. The molecule has 8 aromatic rings. The minimum atomic E-state index is 0.182. The van der Waals surface area contributed by atoms with E-state index in [4.69, 9.17) is 25.2 Å². The third-order valence-corrected chi connectivity index (χ3v) is 12.8. The Labute approximate surface area is 398 Å². The standard InChI is InChI=1S/C22H22N8S.C16H15BN5O2.C6H8BrN3S/c1-14(2)26-18-10-19(20-6-5-16-9-15(11-23)12-25-30(16)20)24-13-17(18)21-27-28-22(31-21)29-7-3-4-8-29;1-10(2)21-14-6-13(19-9-16(14)24-17-23)15-4-3-12-5-11(7-18)8-20-22(12)15;7-5-8-9-6(11-5)10-3-1-2-4-10/h5-6,9-10,12-14H,3-4,7-8H2,1-2H3,(H,24,26);3-6,8-10,23H,1-2H3,(H,19,21);1-4H2. The maximum absolute atomic E-state index is 9.12. The van der Waals surface area contributed by atoms with Crippen LogP contribution in [0.1, 0.15) is 64.5 Å². The molecule has 2 saturated heterocycles. The highest BCUT2D eigenvalue weighted by atomic mass is 79.9. The summed E-state index contributed by atoms with van der Waals surface area (Å²) in [4.78, 5) is 13.7. The summed E-state index contributed by atoms with van der Waals surface area (Å²) in [7, 11) is 0.625. The van der Waals surface area contributed by atoms with E-state index in [1.54, 1.807) is 44.0 Å². The molecule has 0 atom stereocenters. The van der Waals surface area contributed by atoms with E-state index in [-0.39, 0.29) is 12.1 Å². The average Bonchev–Trinajstić information content (AvgIpc) is 4.18. The van der Waals surface area contributed by atoms with Gasteiger partial charge in [-0.05, 0) is 118 Å². The number of nitrogens with zero attached hydrogens (tertiary/aromatic N) is 14. The Kier molecular flexibility index (Phi) is 14.6. The third kappa shape index (κ3) is 10.7. The van der Waals surface area contributed by atoms with E-state index in [0.29, 0.717) is 35.9 Å². The van der Waals surface area contributed by atoms with E-state index in [1.165, 1.54) is 38.1 Å². The molecule has 0 aliphatic carbocycles. The van der Waals surface area contributed by atoms with Crippen LogP contribution in [-0.4, -0.2) is 101 Å². The van der Waals surface area contributed by atoms with Crippen molar-refractivity contribution in [2.45, 2.75) is 65.5 Å². The molecule has 2 fully saturated rings. The molecule has 8 aromatic heterocycles. The van der Waals surface area contributed by atoms with Crippen LogP contribution in [0.5, 0.6) is 5.75 Å². The van der Waals surface area contributed by atoms with E-state index in [1.807, 2.05) is 62.5 Å². The van der Waals surface area contributed by atoms with Crippen LogP contribution in [0.3, 0.4) is 0 Å². The van der Waals surface area contributed by atoms with Crippen LogP contribution in [0.15, 0.2) is 77.2 Å². The van der Waals surface area contributed by atoms with Gasteiger partial charge in [-0.1, -0.05) is 22.7 Å². The maximum Gasteiger partial charge on any atom is 0.569 e. The first-order valence-corrected chi connectivity index (χ1v) is 23.8. The fraction of sp³-hybridized carbons (Fsp3) is 0.318. The highest BCUT2D eigenvalue weighted by Gasteiger charge is 2.21. The highest BCUT2D eigenvalue weighted by molar-refractivity contribution is 9.11. The zero-order valence-corrected chi connectivity index (χ0v) is 39.8. The predicted molar refractivity (Wildman–Crippen MR) is 262 cm³/mol. The number of halogens is 1. The minimum Gasteiger partial charge on any atom is -0.535 e. The molecule has 66 heavy (non-hydrogen) atoms. The molecule has 0 unspecified atom stereocenters. The fourth-order valence-electron chi connectivity index (χ4n) is 7.46. The summed E-state index contributed by atoms with van der Waals surface area (Å²) < 4.78 is 9.48. The number of rotatable bonds is 11. The van der Waals surface area contributed by atoms with Crippen LogP contribution in [0.25, 0.3) is 44.4 Å². The van der Waals surface area contributed by atoms with Gasteiger partial charge >= 0.3 is 7.69 Å². The molecule has 18 nitrogen and oxygen atoms in total. The van der Waals surface area contributed by atoms with Gasteiger partial charge in [-0.3, -0.25) is 9.97 Å². The van der Waals surface area contributed by atoms with Crippen molar-refractivity contribution in [2.24, 2.45) is 0 Å². The van der Waals surface area contributed by atoms with E-state index in [2.05, 4.69) is 97.9 Å². The van der Waals surface area contributed by atoms with Crippen molar-refractivity contribution >= 4 is 79.0 Å². The molecule has 0 amide bonds. The molecule has 10 rings (SSSR count). The van der Waals surface area contributed by atoms with Gasteiger partial charge in [0, 0.05) is 50.1 Å². The lowest BCUT2D eigenvalue weighted by Gasteiger charge is -2.15. The summed E-state index contributed by atoms with van der Waals surface area (Å²) in [6, 6.07) is 19.8. The summed E-state index contributed by atoms with van der Waals surface area (Å²) in [5.41, 5.74) is 8.49. The zero-order chi connectivity index (χ0) is 46.2. The predicted octanol–water partition coefficient (Wildman–Crippen LogP) is 8.10. The summed E-state index contributed by atoms with van der Waals surface area (Å²) in [5.74, 6) is 0.426. The largest absolute Gasteiger partial charge is 0.569 e. The van der Waals surface area contributed by atoms with Crippen molar-refractivity contribution in [2.75, 3.05) is 46.6 Å². The van der Waals surface area contributed by atoms with Crippen molar-refractivity contribution in [1.82, 2.24) is 49.6 Å². The zero-order valence-electron chi connectivity index (χ0n) is 36.6. The number of aromatic nitrogens is 10. The molecular formula is C44H45BBrN16O2S2. The van der Waals surface area contributed by atoms with Gasteiger partial charge in [0.25, 0.3) is 0 Å². The van der Waals surface area contributed by atoms with Crippen molar-refractivity contribution in [3.63, 3.8) is 0 Å². The van der Waals surface area contributed by atoms with Crippen molar-refractivity contribution in [3.8, 4) is 51.2 Å². The topological polar surface area (TPSA) is 220 Å². The van der Waals surface area contributed by atoms with Gasteiger partial charge in [0.2, 0.25) is 10.3 Å². The van der Waals surface area contributed by atoms with E-state index < -0.39 is 0 Å². The molecule has 0 spiro atoms. The second-order valence-electron chi connectivity index (χ2n) is 15.9. The maximum atomic E-state index is 9.12. The van der Waals surface area contributed by atoms with Gasteiger partial charge < -0.3 is 30.1 Å². The first-order valence-electron chi connectivity index (χ1n) is 21.4. The summed E-state index contributed by atoms with van der Waals surface area (Å²) in [6.45, 7) is 12.6. The van der Waals surface area contributed by atoms with E-state index in [9.17, 15) is 0 Å². The summed E-state index contributed by atoms with van der Waals surface area (Å²) in [6.07, 6.45) is 11.5. The normalized spacial score (nSPS) is 13.3. The van der Waals surface area contributed by atoms with Crippen molar-refractivity contribution < 1.29 is 9.68 Å². The molecule has 1 radical (unpaired) electrons. The third-order valence-electron chi connectivity index (χ3n) is 10.4. The Hall–Kier alpha value is -6.72. The molecular weight excluding hydrogens is 939 g/mol. The number of fused-ring (bicyclic) bond motifs is 2. The van der Waals surface area contributed by atoms with Gasteiger partial charge in [-0.25, -0.2) is 9.03 Å². The van der Waals surface area contributed by atoms with Crippen LogP contribution in [-0.2, 0) is 0 Å². The Morgan fingerprint density at radius 3 is 1.71 bits per heavy atom. The number of nitrogens with one attached hydrogen (secondary N) is 2. The number of anilines is 4. The fourth-order valence-corrected chi connectivity index (χ4v) is 9.52. The number of hydrogen-bond donors (Lipinski definition) is 3. The molecule has 10 heterocycles. The van der Waals surface area contributed by atoms with Crippen molar-refractivity contribution in [3.05, 3.63) is 88.4 Å². The van der Waals surface area contributed by atoms with Gasteiger partial charge in [0.15, 0.2) is 8.92 Å². The lowest BCUT2D eigenvalue weighted by Crippen LogP contribution is -2.17. The van der Waals surface area contributed by atoms with Crippen LogP contribution in [0.2, 0.25) is 0 Å². The molecule has 22 heteroatoms. The minimum absolute atomic E-state index is 0.182. The molecule has 3 N–H and O–H groups in total. The van der Waals surface area contributed by atoms with Gasteiger partial charge in [0.05, 0.1) is 74.8 Å². The monoisotopic (exact) mass is 983 g/mol. The molecule has 0 saturated carbocycles. The van der Waals surface area contributed by atoms with Crippen LogP contribution >= 0.6 is 38.6 Å². The molecule has 2 aliphatic heterocycles. The number of hydrogen-bond acceptors (Lipinski definition) is 18. The van der Waals surface area contributed by atoms with E-state index in [0.717, 1.165) is 84.7 Å². The second-order valence-corrected chi connectivity index (χ2v) is 19.1. The summed E-state index contributed by atoms with van der Waals surface area (Å²) in [5, 5.41) is 62.2. The van der Waals surface area contributed by atoms with Gasteiger partial charge in [-0.2, -0.15) is 20.7 Å². The van der Waals surface area contributed by atoms with E-state index >= 15 is 0 Å². The lowest BCUT2D eigenvalue weighted by molar-refractivity contribution is 0.453. The molecule has 2 aliphatic rings. The molecule has 0 bridgehead atoms. The van der Waals surface area contributed by atoms with Crippen LogP contribution < -0.4 is 25.1 Å². The lowest BCUT2D eigenvalue weighted by atomic mass is 10.1. The highest BCUT2D eigenvalue weighted by Crippen LogP contribution is 2.37. The summed E-state index contributed by atoms with van der Waals surface area (Å²) >= 11 is 6.51. The van der Waals surface area contributed by atoms with Gasteiger partial charge in [-0.15, -0.1) is 20.4 Å². The first-order chi connectivity index (χ1) is 32.1. The van der Waals surface area contributed by atoms with Crippen LogP contribution in [0.4, 0.5) is 21.6 Å². The number of pyridine rings is 2. The quantitative estimate of drug-likeness (QED) is 0.104. The van der Waals surface area contributed by atoms with Gasteiger partial charge in [0.1, 0.15) is 17.9 Å². The van der Waals surface area contributed by atoms with Crippen LogP contribution in [0, 0.1) is 22.7 Å². The Bertz CT molecular complexity index is 3020. The second kappa shape index (κ2) is 21.1. The smallest absolute Gasteiger partial charge is 0.535 e. The Morgan fingerprint density at radius 2 is 1.20 bits per heavy atom. The molecule has 0 aromatic carbocycles. The first kappa shape index (κ1) is 45.8. The Morgan fingerprint density at radius 1 is 0.682 bits per heavy atom.